The number of carbonyl (C=O) groups excluding carboxylic acids is 1. The Morgan fingerprint density at radius 1 is 1.17 bits per heavy atom. The van der Waals surface area contributed by atoms with Gasteiger partial charge in [-0.3, -0.25) is 9.59 Å². The molecule has 29 heavy (non-hydrogen) atoms. The van der Waals surface area contributed by atoms with Crippen LogP contribution in [0.1, 0.15) is 0 Å². The van der Waals surface area contributed by atoms with E-state index in [-0.39, 0.29) is 21.5 Å². The van der Waals surface area contributed by atoms with Gasteiger partial charge in [0.25, 0.3) is 5.56 Å². The van der Waals surface area contributed by atoms with Gasteiger partial charge in [0.05, 0.1) is 22.5 Å². The van der Waals surface area contributed by atoms with E-state index in [4.69, 9.17) is 11.6 Å². The van der Waals surface area contributed by atoms with Crippen molar-refractivity contribution in [2.75, 3.05) is 11.1 Å². The molecule has 0 saturated carbocycles. The molecule has 7 nitrogen and oxygen atoms in total. The largest absolute Gasteiger partial charge is 0.323 e. The maximum absolute atomic E-state index is 13.5. The van der Waals surface area contributed by atoms with Gasteiger partial charge in [-0.05, 0) is 36.4 Å². The Hall–Kier alpha value is -2.69. The van der Waals surface area contributed by atoms with Crippen molar-refractivity contribution in [3.05, 3.63) is 75.9 Å². The van der Waals surface area contributed by atoms with Crippen LogP contribution in [-0.2, 0) is 14.6 Å². The first kappa shape index (κ1) is 21.0. The number of carbonyl (C=O) groups is 1. The van der Waals surface area contributed by atoms with Crippen LogP contribution in [0.2, 0.25) is 5.02 Å². The summed E-state index contributed by atoms with van der Waals surface area (Å²) in [5.41, 5.74) is -0.837. The van der Waals surface area contributed by atoms with Crippen LogP contribution in [0.5, 0.6) is 0 Å². The van der Waals surface area contributed by atoms with Crippen molar-refractivity contribution in [1.82, 2.24) is 9.97 Å². The normalized spacial score (nSPS) is 11.2. The minimum Gasteiger partial charge on any atom is -0.323 e. The van der Waals surface area contributed by atoms with Crippen LogP contribution < -0.4 is 10.9 Å². The van der Waals surface area contributed by atoms with E-state index in [1.165, 1.54) is 42.5 Å². The molecule has 1 amide bonds. The van der Waals surface area contributed by atoms with Crippen LogP contribution in [0.3, 0.4) is 0 Å². The lowest BCUT2D eigenvalue weighted by Crippen LogP contribution is -2.20. The SMILES string of the molecule is O=C(CSc1ncc(S(=O)(=O)c2ccc(Cl)cc2)c(=O)[nH]1)Nc1ccccc1F. The van der Waals surface area contributed by atoms with Crippen molar-refractivity contribution in [3.63, 3.8) is 0 Å². The number of amides is 1. The van der Waals surface area contributed by atoms with Crippen LogP contribution in [0.15, 0.2) is 74.5 Å². The Bertz CT molecular complexity index is 1210. The molecule has 1 heterocycles. The molecule has 0 saturated heterocycles. The fourth-order valence-corrected chi connectivity index (χ4v) is 4.25. The summed E-state index contributed by atoms with van der Waals surface area (Å²) in [6.45, 7) is 0. The Labute approximate surface area is 174 Å². The van der Waals surface area contributed by atoms with Gasteiger partial charge in [-0.25, -0.2) is 17.8 Å². The zero-order valence-corrected chi connectivity index (χ0v) is 16.9. The summed E-state index contributed by atoms with van der Waals surface area (Å²) in [5.74, 6) is -1.25. The molecule has 0 radical (unpaired) electrons. The second-order valence-electron chi connectivity index (χ2n) is 5.66. The van der Waals surface area contributed by atoms with Crippen LogP contribution >= 0.6 is 23.4 Å². The van der Waals surface area contributed by atoms with E-state index in [0.29, 0.717) is 5.02 Å². The highest BCUT2D eigenvalue weighted by atomic mass is 35.5. The quantitative estimate of drug-likeness (QED) is 0.438. The van der Waals surface area contributed by atoms with E-state index < -0.39 is 32.0 Å². The molecular formula is C18H13ClFN3O4S2. The van der Waals surface area contributed by atoms with Gasteiger partial charge in [0.15, 0.2) is 10.1 Å². The second-order valence-corrected chi connectivity index (χ2v) is 8.97. The third-order valence-corrected chi connectivity index (χ3v) is 6.55. The summed E-state index contributed by atoms with van der Waals surface area (Å²) in [5, 5.41) is 2.80. The minimum atomic E-state index is -4.08. The number of anilines is 1. The number of hydrogen-bond donors (Lipinski definition) is 2. The Morgan fingerprint density at radius 2 is 1.86 bits per heavy atom. The minimum absolute atomic E-state index is 0.0314. The fourth-order valence-electron chi connectivity index (χ4n) is 2.26. The number of rotatable bonds is 6. The molecule has 0 aliphatic carbocycles. The fraction of sp³-hybridized carbons (Fsp3) is 0.0556. The highest BCUT2D eigenvalue weighted by molar-refractivity contribution is 7.99. The van der Waals surface area contributed by atoms with Gasteiger partial charge in [-0.2, -0.15) is 0 Å². The standard InChI is InChI=1S/C18H13ClFN3O4S2/c19-11-5-7-12(8-6-11)29(26,27)15-9-21-18(23-17(15)25)28-10-16(24)22-14-4-2-1-3-13(14)20/h1-9H,10H2,(H,22,24)(H,21,23,25). The number of nitrogens with zero attached hydrogens (tertiary/aromatic N) is 1. The van der Waals surface area contributed by atoms with Crippen LogP contribution in [0, 0.1) is 5.82 Å². The maximum Gasteiger partial charge on any atom is 0.270 e. The number of halogens is 2. The van der Waals surface area contributed by atoms with Gasteiger partial charge in [0.1, 0.15) is 5.82 Å². The Kier molecular flexibility index (Phi) is 6.36. The molecule has 3 aromatic rings. The predicted octanol–water partition coefficient (Wildman–Crippen LogP) is 3.13. The first-order valence-corrected chi connectivity index (χ1v) is 10.9. The number of H-pyrrole nitrogens is 1. The lowest BCUT2D eigenvalue weighted by molar-refractivity contribution is -0.113. The third kappa shape index (κ3) is 5.03. The molecule has 11 heteroatoms. The molecule has 2 N–H and O–H groups in total. The van der Waals surface area contributed by atoms with Crippen LogP contribution in [-0.4, -0.2) is 30.0 Å². The van der Waals surface area contributed by atoms with Gasteiger partial charge in [0, 0.05) is 5.02 Å². The van der Waals surface area contributed by atoms with E-state index in [0.717, 1.165) is 18.0 Å². The van der Waals surface area contributed by atoms with Crippen LogP contribution in [0.25, 0.3) is 0 Å². The molecule has 150 valence electrons. The highest BCUT2D eigenvalue weighted by Gasteiger charge is 2.22. The molecule has 0 spiro atoms. The average molecular weight is 454 g/mol. The van der Waals surface area contributed by atoms with Crippen molar-refractivity contribution in [1.29, 1.82) is 0 Å². The molecule has 2 aromatic carbocycles. The lowest BCUT2D eigenvalue weighted by atomic mass is 10.3. The van der Waals surface area contributed by atoms with Crippen molar-refractivity contribution in [2.45, 2.75) is 14.9 Å². The van der Waals surface area contributed by atoms with Gasteiger partial charge in [-0.15, -0.1) is 0 Å². The number of aromatic amines is 1. The molecule has 0 fully saturated rings. The summed E-state index contributed by atoms with van der Waals surface area (Å²) in [6.07, 6.45) is 0.930. The average Bonchev–Trinajstić information content (AvgIpc) is 2.68. The molecule has 0 aliphatic rings. The van der Waals surface area contributed by atoms with Gasteiger partial charge in [0.2, 0.25) is 15.7 Å². The monoisotopic (exact) mass is 453 g/mol. The number of nitrogens with one attached hydrogen (secondary N) is 2. The first-order valence-electron chi connectivity index (χ1n) is 8.04. The second kappa shape index (κ2) is 8.76. The van der Waals surface area contributed by atoms with E-state index in [1.807, 2.05) is 0 Å². The predicted molar refractivity (Wildman–Crippen MR) is 108 cm³/mol. The summed E-state index contributed by atoms with van der Waals surface area (Å²) in [4.78, 5) is 29.8. The van der Waals surface area contributed by atoms with E-state index in [1.54, 1.807) is 6.07 Å². The number of benzene rings is 2. The smallest absolute Gasteiger partial charge is 0.270 e. The van der Waals surface area contributed by atoms with E-state index >= 15 is 0 Å². The number of hydrogen-bond acceptors (Lipinski definition) is 6. The zero-order valence-electron chi connectivity index (χ0n) is 14.6. The number of thioether (sulfide) groups is 1. The summed E-state index contributed by atoms with van der Waals surface area (Å²) >= 11 is 6.62. The van der Waals surface area contributed by atoms with Gasteiger partial charge < -0.3 is 10.3 Å². The number of sulfone groups is 1. The van der Waals surface area contributed by atoms with E-state index in [9.17, 15) is 22.4 Å². The van der Waals surface area contributed by atoms with Gasteiger partial charge in [-0.1, -0.05) is 35.5 Å². The summed E-state index contributed by atoms with van der Waals surface area (Å²) in [7, 11) is -4.08. The Morgan fingerprint density at radius 3 is 2.52 bits per heavy atom. The summed E-state index contributed by atoms with van der Waals surface area (Å²) in [6, 6.07) is 11.1. The first-order chi connectivity index (χ1) is 13.8. The Balaban J connectivity index is 1.71. The lowest BCUT2D eigenvalue weighted by Gasteiger charge is -2.07. The van der Waals surface area contributed by atoms with Crippen molar-refractivity contribution < 1.29 is 17.6 Å². The zero-order chi connectivity index (χ0) is 21.0. The molecule has 0 bridgehead atoms. The van der Waals surface area contributed by atoms with Crippen molar-refractivity contribution in [3.8, 4) is 0 Å². The van der Waals surface area contributed by atoms with Crippen LogP contribution in [0.4, 0.5) is 10.1 Å². The summed E-state index contributed by atoms with van der Waals surface area (Å²) < 4.78 is 38.7. The van der Waals surface area contributed by atoms with Gasteiger partial charge >= 0.3 is 0 Å². The van der Waals surface area contributed by atoms with Crippen molar-refractivity contribution >= 4 is 44.8 Å². The molecule has 1 aromatic heterocycles. The topological polar surface area (TPSA) is 109 Å². The van der Waals surface area contributed by atoms with E-state index in [2.05, 4.69) is 15.3 Å². The number of aromatic nitrogens is 2. The third-order valence-electron chi connectivity index (χ3n) is 3.64. The highest BCUT2D eigenvalue weighted by Crippen LogP contribution is 2.21. The molecular weight excluding hydrogens is 441 g/mol. The molecule has 0 aliphatic heterocycles. The molecule has 0 unspecified atom stereocenters. The molecule has 3 rings (SSSR count). The maximum atomic E-state index is 13.5. The molecule has 0 atom stereocenters. The van der Waals surface area contributed by atoms with Crippen molar-refractivity contribution in [2.24, 2.45) is 0 Å². The number of para-hydroxylation sites is 1.